The Labute approximate surface area is 96.0 Å². The second-order valence-electron chi connectivity index (χ2n) is 3.96. The zero-order valence-electron chi connectivity index (χ0n) is 9.61. The quantitative estimate of drug-likeness (QED) is 0.707. The van der Waals surface area contributed by atoms with Crippen molar-refractivity contribution in [2.45, 2.75) is 25.4 Å². The number of ether oxygens (including phenoxy) is 2. The number of nitrogens with zero attached hydrogens (tertiary/aromatic N) is 1. The molecule has 0 aromatic carbocycles. The summed E-state index contributed by atoms with van der Waals surface area (Å²) >= 11 is 0. The maximum atomic E-state index is 5.55. The minimum absolute atomic E-state index is 0.546. The van der Waals surface area contributed by atoms with E-state index in [9.17, 15) is 0 Å². The van der Waals surface area contributed by atoms with Crippen LogP contribution in [0, 0.1) is 0 Å². The molecule has 1 aromatic rings. The van der Waals surface area contributed by atoms with Gasteiger partial charge in [-0.25, -0.2) is 4.98 Å². The normalized spacial score (nSPS) is 15.1. The van der Waals surface area contributed by atoms with Gasteiger partial charge in [0.2, 0.25) is 5.88 Å². The van der Waals surface area contributed by atoms with E-state index in [0.717, 1.165) is 12.1 Å². The molecule has 0 amide bonds. The Morgan fingerprint density at radius 3 is 3.06 bits per heavy atom. The van der Waals surface area contributed by atoms with Crippen molar-refractivity contribution >= 4 is 0 Å². The van der Waals surface area contributed by atoms with Crippen LogP contribution in [0.2, 0.25) is 0 Å². The van der Waals surface area contributed by atoms with Crippen molar-refractivity contribution in [3.05, 3.63) is 23.9 Å². The van der Waals surface area contributed by atoms with Crippen LogP contribution in [0.25, 0.3) is 0 Å². The van der Waals surface area contributed by atoms with Gasteiger partial charge in [-0.15, -0.1) is 0 Å². The average Bonchev–Trinajstić information content (AvgIpc) is 3.12. The monoisotopic (exact) mass is 222 g/mol. The Morgan fingerprint density at radius 2 is 2.31 bits per heavy atom. The highest BCUT2D eigenvalue weighted by atomic mass is 16.5. The second-order valence-corrected chi connectivity index (χ2v) is 3.96. The van der Waals surface area contributed by atoms with Crippen LogP contribution >= 0.6 is 0 Å². The summed E-state index contributed by atoms with van der Waals surface area (Å²) in [5.41, 5.74) is 1.12. The van der Waals surface area contributed by atoms with Crippen molar-refractivity contribution in [1.82, 2.24) is 10.3 Å². The van der Waals surface area contributed by atoms with Crippen molar-refractivity contribution in [3.63, 3.8) is 0 Å². The van der Waals surface area contributed by atoms with E-state index in [1.54, 1.807) is 13.3 Å². The molecule has 0 atom stereocenters. The fourth-order valence-corrected chi connectivity index (χ4v) is 1.45. The largest absolute Gasteiger partial charge is 0.475 e. The smallest absolute Gasteiger partial charge is 0.217 e. The van der Waals surface area contributed by atoms with Gasteiger partial charge in [0, 0.05) is 31.5 Å². The van der Waals surface area contributed by atoms with E-state index in [1.807, 2.05) is 12.1 Å². The number of pyridine rings is 1. The molecule has 1 heterocycles. The van der Waals surface area contributed by atoms with Crippen LogP contribution in [0.3, 0.4) is 0 Å². The predicted molar refractivity (Wildman–Crippen MR) is 61.5 cm³/mol. The first-order valence-electron chi connectivity index (χ1n) is 5.69. The van der Waals surface area contributed by atoms with Gasteiger partial charge in [0.05, 0.1) is 6.61 Å². The average molecular weight is 222 g/mol. The molecular formula is C12H18N2O2. The maximum absolute atomic E-state index is 5.55. The molecule has 1 N–H and O–H groups in total. The zero-order chi connectivity index (χ0) is 11.2. The Balaban J connectivity index is 1.87. The molecule has 1 aromatic heterocycles. The van der Waals surface area contributed by atoms with Crippen LogP contribution < -0.4 is 10.1 Å². The fourth-order valence-electron chi connectivity index (χ4n) is 1.45. The highest BCUT2D eigenvalue weighted by Gasteiger charge is 2.20. The van der Waals surface area contributed by atoms with Gasteiger partial charge in [-0.05, 0) is 18.9 Å². The standard InChI is InChI=1S/C12H18N2O2/c1-15-7-8-16-12-10(3-2-6-13-12)9-14-11-4-5-11/h2-3,6,11,14H,4-5,7-9H2,1H3. The van der Waals surface area contributed by atoms with E-state index < -0.39 is 0 Å². The number of hydrogen-bond donors (Lipinski definition) is 1. The second kappa shape index (κ2) is 5.82. The van der Waals surface area contributed by atoms with E-state index in [4.69, 9.17) is 9.47 Å². The third-order valence-electron chi connectivity index (χ3n) is 2.53. The molecule has 0 spiro atoms. The number of hydrogen-bond acceptors (Lipinski definition) is 4. The molecule has 1 saturated carbocycles. The molecule has 1 aliphatic rings. The van der Waals surface area contributed by atoms with Gasteiger partial charge < -0.3 is 14.8 Å². The molecular weight excluding hydrogens is 204 g/mol. The lowest BCUT2D eigenvalue weighted by Gasteiger charge is -2.10. The summed E-state index contributed by atoms with van der Waals surface area (Å²) in [5, 5.41) is 3.45. The molecule has 16 heavy (non-hydrogen) atoms. The first kappa shape index (κ1) is 11.4. The Bertz CT molecular complexity index is 327. The topological polar surface area (TPSA) is 43.4 Å². The molecule has 4 nitrogen and oxygen atoms in total. The number of rotatable bonds is 7. The van der Waals surface area contributed by atoms with Crippen molar-refractivity contribution < 1.29 is 9.47 Å². The van der Waals surface area contributed by atoms with Gasteiger partial charge in [0.15, 0.2) is 0 Å². The van der Waals surface area contributed by atoms with Crippen LogP contribution in [0.1, 0.15) is 18.4 Å². The third kappa shape index (κ3) is 3.47. The van der Waals surface area contributed by atoms with Crippen molar-refractivity contribution in [2.75, 3.05) is 20.3 Å². The first-order valence-corrected chi connectivity index (χ1v) is 5.69. The summed E-state index contributed by atoms with van der Waals surface area (Å²) in [7, 11) is 1.66. The summed E-state index contributed by atoms with van der Waals surface area (Å²) in [6.45, 7) is 1.97. The Morgan fingerprint density at radius 1 is 1.44 bits per heavy atom. The van der Waals surface area contributed by atoms with Crippen LogP contribution in [-0.4, -0.2) is 31.3 Å². The number of methoxy groups -OCH3 is 1. The summed E-state index contributed by atoms with van der Waals surface area (Å²) in [5.74, 6) is 0.715. The van der Waals surface area contributed by atoms with Crippen LogP contribution in [0.4, 0.5) is 0 Å². The molecule has 0 unspecified atom stereocenters. The molecule has 1 fully saturated rings. The number of aromatic nitrogens is 1. The van der Waals surface area contributed by atoms with E-state index in [0.29, 0.717) is 25.1 Å². The highest BCUT2D eigenvalue weighted by molar-refractivity contribution is 5.25. The van der Waals surface area contributed by atoms with Crippen molar-refractivity contribution in [2.24, 2.45) is 0 Å². The molecule has 0 bridgehead atoms. The van der Waals surface area contributed by atoms with Gasteiger partial charge in [-0.3, -0.25) is 0 Å². The number of nitrogens with one attached hydrogen (secondary N) is 1. The summed E-state index contributed by atoms with van der Waals surface area (Å²) < 4.78 is 10.5. The lowest BCUT2D eigenvalue weighted by atomic mass is 10.2. The SMILES string of the molecule is COCCOc1ncccc1CNC1CC1. The van der Waals surface area contributed by atoms with Gasteiger partial charge >= 0.3 is 0 Å². The van der Waals surface area contributed by atoms with E-state index >= 15 is 0 Å². The third-order valence-corrected chi connectivity index (χ3v) is 2.53. The molecule has 0 aliphatic heterocycles. The Hall–Kier alpha value is -1.13. The van der Waals surface area contributed by atoms with Gasteiger partial charge in [0.1, 0.15) is 6.61 Å². The lowest BCUT2D eigenvalue weighted by molar-refractivity contribution is 0.143. The summed E-state index contributed by atoms with van der Waals surface area (Å²) in [6.07, 6.45) is 4.34. The predicted octanol–water partition coefficient (Wildman–Crippen LogP) is 1.36. The summed E-state index contributed by atoms with van der Waals surface area (Å²) in [4.78, 5) is 4.23. The van der Waals surface area contributed by atoms with Crippen LogP contribution in [-0.2, 0) is 11.3 Å². The minimum atomic E-state index is 0.546. The molecule has 0 saturated heterocycles. The molecule has 1 aliphatic carbocycles. The van der Waals surface area contributed by atoms with Gasteiger partial charge in [0.25, 0.3) is 0 Å². The highest BCUT2D eigenvalue weighted by Crippen LogP contribution is 2.21. The molecule has 88 valence electrons. The van der Waals surface area contributed by atoms with Crippen LogP contribution in [0.5, 0.6) is 5.88 Å². The van der Waals surface area contributed by atoms with E-state index in [-0.39, 0.29) is 0 Å². The molecule has 2 rings (SSSR count). The van der Waals surface area contributed by atoms with E-state index in [2.05, 4.69) is 10.3 Å². The fraction of sp³-hybridized carbons (Fsp3) is 0.583. The van der Waals surface area contributed by atoms with Crippen molar-refractivity contribution in [1.29, 1.82) is 0 Å². The zero-order valence-corrected chi connectivity index (χ0v) is 9.61. The minimum Gasteiger partial charge on any atom is -0.475 e. The van der Waals surface area contributed by atoms with Crippen molar-refractivity contribution in [3.8, 4) is 5.88 Å². The van der Waals surface area contributed by atoms with Gasteiger partial charge in [-0.2, -0.15) is 0 Å². The first-order chi connectivity index (χ1) is 7.90. The van der Waals surface area contributed by atoms with Gasteiger partial charge in [-0.1, -0.05) is 6.07 Å². The maximum Gasteiger partial charge on any atom is 0.217 e. The van der Waals surface area contributed by atoms with E-state index in [1.165, 1.54) is 12.8 Å². The Kier molecular flexibility index (Phi) is 4.13. The van der Waals surface area contributed by atoms with Crippen LogP contribution in [0.15, 0.2) is 18.3 Å². The molecule has 4 heteroatoms. The lowest BCUT2D eigenvalue weighted by Crippen LogP contribution is -2.17. The molecule has 0 radical (unpaired) electrons. The summed E-state index contributed by atoms with van der Waals surface area (Å²) in [6, 6.07) is 4.68.